The van der Waals surface area contributed by atoms with E-state index in [-0.39, 0.29) is 0 Å². The summed E-state index contributed by atoms with van der Waals surface area (Å²) in [6, 6.07) is 39.1. The molecule has 3 atom stereocenters. The summed E-state index contributed by atoms with van der Waals surface area (Å²) in [5.41, 5.74) is 1.78. The van der Waals surface area contributed by atoms with Crippen LogP contribution in [0.25, 0.3) is 6.08 Å². The van der Waals surface area contributed by atoms with Crippen LogP contribution < -0.4 is 0 Å². The highest BCUT2D eigenvalue weighted by Crippen LogP contribution is 2.65. The lowest BCUT2D eigenvalue weighted by atomic mass is 9.72. The maximum absolute atomic E-state index is 13.9. The number of rotatable bonds is 4. The SMILES string of the molecule is O=C1ON=C[C@]12/C(=C\c1ccccc1)[C@]1(c3ccccc3)ON=C(c3ccccc3)N1[C@@H]2c1ccccc1. The second-order valence-corrected chi connectivity index (χ2v) is 9.52. The van der Waals surface area contributed by atoms with Gasteiger partial charge in [0.25, 0.3) is 5.72 Å². The van der Waals surface area contributed by atoms with E-state index in [9.17, 15) is 4.79 Å². The van der Waals surface area contributed by atoms with E-state index in [0.717, 1.165) is 22.3 Å². The van der Waals surface area contributed by atoms with Crippen LogP contribution in [0.3, 0.4) is 0 Å². The van der Waals surface area contributed by atoms with Gasteiger partial charge in [0.2, 0.25) is 0 Å². The van der Waals surface area contributed by atoms with E-state index in [1.54, 1.807) is 6.21 Å². The van der Waals surface area contributed by atoms with Gasteiger partial charge in [0, 0.05) is 16.7 Å². The lowest BCUT2D eigenvalue weighted by Crippen LogP contribution is -2.44. The fraction of sp³-hybridized carbons (Fsp3) is 0.0938. The van der Waals surface area contributed by atoms with Gasteiger partial charge in [0.15, 0.2) is 11.3 Å². The lowest BCUT2D eigenvalue weighted by molar-refractivity contribution is -0.147. The summed E-state index contributed by atoms with van der Waals surface area (Å²) in [5.74, 6) is 0.182. The summed E-state index contributed by atoms with van der Waals surface area (Å²) in [5, 5.41) is 8.77. The summed E-state index contributed by atoms with van der Waals surface area (Å²) in [6.07, 6.45) is 3.65. The molecular formula is C32H23N3O3. The molecule has 3 aliphatic heterocycles. The van der Waals surface area contributed by atoms with Crippen molar-refractivity contribution in [3.05, 3.63) is 149 Å². The summed E-state index contributed by atoms with van der Waals surface area (Å²) in [7, 11) is 0. The van der Waals surface area contributed by atoms with Gasteiger partial charge in [-0.05, 0) is 17.2 Å². The molecule has 0 amide bonds. The number of fused-ring (bicyclic) bond motifs is 1. The lowest BCUT2D eigenvalue weighted by Gasteiger charge is -2.35. The van der Waals surface area contributed by atoms with E-state index < -0.39 is 23.2 Å². The van der Waals surface area contributed by atoms with Crippen LogP contribution in [0.4, 0.5) is 0 Å². The molecule has 7 rings (SSSR count). The summed E-state index contributed by atoms with van der Waals surface area (Å²) >= 11 is 0. The third-order valence-corrected chi connectivity index (χ3v) is 7.48. The number of hydrogen-bond acceptors (Lipinski definition) is 6. The van der Waals surface area contributed by atoms with Crippen molar-refractivity contribution in [1.82, 2.24) is 4.90 Å². The van der Waals surface area contributed by atoms with Crippen molar-refractivity contribution in [3.63, 3.8) is 0 Å². The molecule has 4 aromatic carbocycles. The van der Waals surface area contributed by atoms with Crippen molar-refractivity contribution in [2.45, 2.75) is 11.8 Å². The molecule has 1 fully saturated rings. The normalized spacial score (nSPS) is 26.4. The fourth-order valence-corrected chi connectivity index (χ4v) is 5.88. The molecule has 1 spiro atoms. The second kappa shape index (κ2) is 8.56. The minimum Gasteiger partial charge on any atom is -0.355 e. The third kappa shape index (κ3) is 3.03. The first-order valence-electron chi connectivity index (χ1n) is 12.5. The molecule has 4 aromatic rings. The quantitative estimate of drug-likeness (QED) is 0.329. The molecule has 0 N–H and O–H groups in total. The van der Waals surface area contributed by atoms with Crippen molar-refractivity contribution in [1.29, 1.82) is 0 Å². The van der Waals surface area contributed by atoms with Gasteiger partial charge in [-0.3, -0.25) is 4.90 Å². The maximum atomic E-state index is 13.9. The van der Waals surface area contributed by atoms with Crippen molar-refractivity contribution in [2.75, 3.05) is 0 Å². The van der Waals surface area contributed by atoms with Crippen molar-refractivity contribution < 1.29 is 14.5 Å². The van der Waals surface area contributed by atoms with E-state index in [2.05, 4.69) is 10.1 Å². The molecule has 38 heavy (non-hydrogen) atoms. The van der Waals surface area contributed by atoms with E-state index in [0.29, 0.717) is 11.4 Å². The minimum absolute atomic E-state index is 0.450. The van der Waals surface area contributed by atoms with E-state index in [1.807, 2.05) is 127 Å². The van der Waals surface area contributed by atoms with Gasteiger partial charge in [-0.15, -0.1) is 0 Å². The average molecular weight is 498 g/mol. The smallest absolute Gasteiger partial charge is 0.353 e. The molecule has 6 heteroatoms. The van der Waals surface area contributed by atoms with Crippen molar-refractivity contribution in [3.8, 4) is 0 Å². The number of carbonyl (C=O) groups excluding carboxylic acids is 1. The Morgan fingerprint density at radius 3 is 2.00 bits per heavy atom. The molecule has 0 radical (unpaired) electrons. The van der Waals surface area contributed by atoms with E-state index >= 15 is 0 Å². The van der Waals surface area contributed by atoms with Gasteiger partial charge in [-0.2, -0.15) is 0 Å². The number of hydrogen-bond donors (Lipinski definition) is 0. The second-order valence-electron chi connectivity index (χ2n) is 9.52. The number of nitrogens with zero attached hydrogens (tertiary/aromatic N) is 3. The first-order chi connectivity index (χ1) is 18.7. The molecule has 184 valence electrons. The van der Waals surface area contributed by atoms with Crippen LogP contribution in [0.1, 0.15) is 28.3 Å². The standard InChI is InChI=1S/C32H23N3O3/c36-30-31(22-33-37-30)27(21-23-13-5-1-6-14-23)32(26-19-11-4-12-20-26)35(28(31)24-15-7-2-8-16-24)29(34-38-32)25-17-9-3-10-18-25/h1-22,28H/b27-21+/t28-,31-,32+/m1/s1. The Balaban J connectivity index is 1.59. The zero-order valence-corrected chi connectivity index (χ0v) is 20.3. The molecule has 1 saturated heterocycles. The molecular weight excluding hydrogens is 474 g/mol. The van der Waals surface area contributed by atoms with Gasteiger partial charge >= 0.3 is 5.97 Å². The Morgan fingerprint density at radius 2 is 1.37 bits per heavy atom. The molecule has 6 nitrogen and oxygen atoms in total. The highest BCUT2D eigenvalue weighted by Gasteiger charge is 2.74. The first-order valence-corrected chi connectivity index (χ1v) is 12.5. The van der Waals surface area contributed by atoms with E-state index in [4.69, 9.17) is 14.8 Å². The molecule has 0 aliphatic carbocycles. The van der Waals surface area contributed by atoms with Crippen LogP contribution in [0.2, 0.25) is 0 Å². The predicted molar refractivity (Wildman–Crippen MR) is 145 cm³/mol. The Morgan fingerprint density at radius 1 is 0.763 bits per heavy atom. The van der Waals surface area contributed by atoms with Crippen LogP contribution in [-0.4, -0.2) is 22.9 Å². The molecule has 3 heterocycles. The molecule has 0 unspecified atom stereocenters. The topological polar surface area (TPSA) is 63.5 Å². The van der Waals surface area contributed by atoms with Crippen molar-refractivity contribution >= 4 is 24.1 Å². The monoisotopic (exact) mass is 497 g/mol. The molecule has 0 bridgehead atoms. The van der Waals surface area contributed by atoms with Gasteiger partial charge in [-0.25, -0.2) is 4.79 Å². The van der Waals surface area contributed by atoms with Crippen LogP contribution in [0, 0.1) is 5.41 Å². The zero-order valence-electron chi connectivity index (χ0n) is 20.3. The average Bonchev–Trinajstić information content (AvgIpc) is 3.63. The highest BCUT2D eigenvalue weighted by atomic mass is 16.7. The molecule has 3 aliphatic rings. The molecule has 0 saturated carbocycles. The van der Waals surface area contributed by atoms with Gasteiger partial charge in [-0.1, -0.05) is 132 Å². The number of oxime groups is 2. The Bertz CT molecular complexity index is 1590. The van der Waals surface area contributed by atoms with Crippen LogP contribution in [0.15, 0.2) is 137 Å². The number of amidine groups is 1. The predicted octanol–water partition coefficient (Wildman–Crippen LogP) is 5.90. The summed E-state index contributed by atoms with van der Waals surface area (Å²) in [6.45, 7) is 0. The first kappa shape index (κ1) is 22.2. The fourth-order valence-electron chi connectivity index (χ4n) is 5.88. The van der Waals surface area contributed by atoms with E-state index in [1.165, 1.54) is 0 Å². The molecule has 0 aromatic heterocycles. The Labute approximate surface area is 220 Å². The third-order valence-electron chi connectivity index (χ3n) is 7.48. The Hall–Kier alpha value is -4.97. The van der Waals surface area contributed by atoms with Gasteiger partial charge < -0.3 is 9.68 Å². The Kier molecular flexibility index (Phi) is 5.01. The highest BCUT2D eigenvalue weighted by molar-refractivity contribution is 6.09. The van der Waals surface area contributed by atoms with Crippen LogP contribution in [-0.2, 0) is 20.2 Å². The number of carbonyl (C=O) groups is 1. The van der Waals surface area contributed by atoms with Gasteiger partial charge in [0.05, 0.1) is 12.3 Å². The van der Waals surface area contributed by atoms with Crippen molar-refractivity contribution in [2.24, 2.45) is 15.7 Å². The van der Waals surface area contributed by atoms with Crippen LogP contribution >= 0.6 is 0 Å². The summed E-state index contributed by atoms with van der Waals surface area (Å²) in [4.78, 5) is 28.0. The van der Waals surface area contributed by atoms with Gasteiger partial charge in [0.1, 0.15) is 0 Å². The van der Waals surface area contributed by atoms with Crippen LogP contribution in [0.5, 0.6) is 0 Å². The number of benzene rings is 4. The zero-order chi connectivity index (χ0) is 25.6. The largest absolute Gasteiger partial charge is 0.355 e. The minimum atomic E-state index is -1.26. The maximum Gasteiger partial charge on any atom is 0.353 e. The summed E-state index contributed by atoms with van der Waals surface area (Å²) < 4.78 is 0.